The van der Waals surface area contributed by atoms with Crippen molar-refractivity contribution in [3.8, 4) is 22.8 Å². The van der Waals surface area contributed by atoms with E-state index in [0.717, 1.165) is 16.7 Å². The number of nitro groups is 1. The number of nitrogens with zero attached hydrogens (tertiary/aromatic N) is 2. The fourth-order valence-corrected chi connectivity index (χ4v) is 4.07. The summed E-state index contributed by atoms with van der Waals surface area (Å²) >= 11 is 0.794. The molecule has 10 heteroatoms. The number of thioether (sulfide) groups is 1. The maximum Gasteiger partial charge on any atom is 0.293 e. The molecule has 9 nitrogen and oxygen atoms in total. The molecule has 168 valence electrons. The molecule has 1 aromatic heterocycles. The number of benzene rings is 2. The summed E-state index contributed by atoms with van der Waals surface area (Å²) in [5.41, 5.74) is 0.234. The molecule has 4 rings (SSSR count). The summed E-state index contributed by atoms with van der Waals surface area (Å²) in [7, 11) is 1.53. The maximum atomic E-state index is 12.7. The minimum Gasteiger partial charge on any atom is -0.493 e. The summed E-state index contributed by atoms with van der Waals surface area (Å²) in [6, 6.07) is 16.5. The van der Waals surface area contributed by atoms with E-state index in [9.17, 15) is 19.7 Å². The average molecular weight is 466 g/mol. The minimum atomic E-state index is -0.490. The number of carbonyl (C=O) groups is 2. The van der Waals surface area contributed by atoms with E-state index in [-0.39, 0.29) is 29.5 Å². The predicted octanol–water partition coefficient (Wildman–Crippen LogP) is 4.98. The zero-order chi connectivity index (χ0) is 23.4. The highest BCUT2D eigenvalue weighted by Gasteiger charge is 2.35. The molecule has 0 unspecified atom stereocenters. The first-order chi connectivity index (χ1) is 16.0. The smallest absolute Gasteiger partial charge is 0.293 e. The van der Waals surface area contributed by atoms with Crippen molar-refractivity contribution in [1.82, 2.24) is 4.90 Å². The zero-order valence-corrected chi connectivity index (χ0v) is 18.2. The Morgan fingerprint density at radius 3 is 2.55 bits per heavy atom. The Bertz CT molecular complexity index is 1250. The quantitative estimate of drug-likeness (QED) is 0.260. The van der Waals surface area contributed by atoms with Crippen LogP contribution in [0.4, 0.5) is 10.5 Å². The van der Waals surface area contributed by atoms with Gasteiger partial charge in [0.2, 0.25) is 0 Å². The van der Waals surface area contributed by atoms with E-state index >= 15 is 0 Å². The largest absolute Gasteiger partial charge is 0.493 e. The Morgan fingerprint density at radius 1 is 1.06 bits per heavy atom. The van der Waals surface area contributed by atoms with Crippen molar-refractivity contribution < 1.29 is 28.4 Å². The number of carbonyl (C=O) groups excluding carboxylic acids is 2. The number of hydrogen-bond donors (Lipinski definition) is 0. The first kappa shape index (κ1) is 22.2. The van der Waals surface area contributed by atoms with Gasteiger partial charge >= 0.3 is 0 Å². The second kappa shape index (κ2) is 9.61. The molecule has 0 atom stereocenters. The molecule has 33 heavy (non-hydrogen) atoms. The molecular formula is C23H18N2O7S. The van der Waals surface area contributed by atoms with Crippen LogP contribution in [0.25, 0.3) is 17.4 Å². The SMILES string of the molecule is COc1ccccc1OCCN1C(=O)S/C(=C\c2ccc(-c3ccccc3[N+](=O)[O-])o2)C1=O. The summed E-state index contributed by atoms with van der Waals surface area (Å²) in [4.78, 5) is 37.1. The molecule has 3 aromatic rings. The van der Waals surface area contributed by atoms with Crippen LogP contribution < -0.4 is 9.47 Å². The number of imide groups is 1. The number of hydrogen-bond acceptors (Lipinski definition) is 8. The second-order valence-corrected chi connectivity index (χ2v) is 7.80. The molecule has 0 spiro atoms. The third-order valence-corrected chi connectivity index (χ3v) is 5.69. The molecule has 1 aliphatic rings. The maximum absolute atomic E-state index is 12.7. The topological polar surface area (TPSA) is 112 Å². The number of nitro benzene ring substituents is 1. The lowest BCUT2D eigenvalue weighted by molar-refractivity contribution is -0.384. The first-order valence-electron chi connectivity index (χ1n) is 9.82. The zero-order valence-electron chi connectivity index (χ0n) is 17.4. The highest BCUT2D eigenvalue weighted by molar-refractivity contribution is 8.18. The molecule has 2 heterocycles. The fourth-order valence-electron chi connectivity index (χ4n) is 3.22. The van der Waals surface area contributed by atoms with Gasteiger partial charge in [0, 0.05) is 12.1 Å². The normalized spacial score (nSPS) is 14.7. The Balaban J connectivity index is 1.45. The molecule has 1 saturated heterocycles. The fraction of sp³-hybridized carbons (Fsp3) is 0.130. The van der Waals surface area contributed by atoms with Crippen LogP contribution in [0, 0.1) is 10.1 Å². The third kappa shape index (κ3) is 4.75. The van der Waals surface area contributed by atoms with E-state index in [2.05, 4.69) is 0 Å². The van der Waals surface area contributed by atoms with Crippen LogP contribution >= 0.6 is 11.8 Å². The van der Waals surface area contributed by atoms with Crippen LogP contribution in [0.5, 0.6) is 11.5 Å². The molecule has 1 fully saturated rings. The molecule has 0 saturated carbocycles. The van der Waals surface area contributed by atoms with Crippen molar-refractivity contribution in [2.24, 2.45) is 0 Å². The van der Waals surface area contributed by atoms with Crippen LogP contribution in [-0.4, -0.2) is 41.2 Å². The summed E-state index contributed by atoms with van der Waals surface area (Å²) in [5, 5.41) is 10.8. The van der Waals surface area contributed by atoms with Gasteiger partial charge in [0.25, 0.3) is 16.8 Å². The van der Waals surface area contributed by atoms with Gasteiger partial charge in [-0.1, -0.05) is 24.3 Å². The first-order valence-corrected chi connectivity index (χ1v) is 10.6. The van der Waals surface area contributed by atoms with Gasteiger partial charge in [-0.25, -0.2) is 0 Å². The van der Waals surface area contributed by atoms with Gasteiger partial charge in [-0.2, -0.15) is 0 Å². The number of ether oxygens (including phenoxy) is 2. The molecule has 0 bridgehead atoms. The van der Waals surface area contributed by atoms with E-state index in [4.69, 9.17) is 13.9 Å². The van der Waals surface area contributed by atoms with Gasteiger partial charge in [-0.05, 0) is 42.1 Å². The van der Waals surface area contributed by atoms with Crippen LogP contribution in [-0.2, 0) is 4.79 Å². The molecule has 0 aliphatic carbocycles. The van der Waals surface area contributed by atoms with Crippen molar-refractivity contribution >= 4 is 34.7 Å². The van der Waals surface area contributed by atoms with Gasteiger partial charge in [0.05, 0.1) is 29.0 Å². The number of methoxy groups -OCH3 is 1. The van der Waals surface area contributed by atoms with Crippen LogP contribution in [0.2, 0.25) is 0 Å². The van der Waals surface area contributed by atoms with Crippen LogP contribution in [0.1, 0.15) is 5.76 Å². The van der Waals surface area contributed by atoms with Gasteiger partial charge in [0.1, 0.15) is 18.1 Å². The van der Waals surface area contributed by atoms with Crippen LogP contribution in [0.15, 0.2) is 70.0 Å². The van der Waals surface area contributed by atoms with Gasteiger partial charge in [-0.15, -0.1) is 0 Å². The number of furan rings is 1. The third-order valence-electron chi connectivity index (χ3n) is 4.78. The molecular weight excluding hydrogens is 448 g/mol. The van der Waals surface area contributed by atoms with Crippen molar-refractivity contribution in [1.29, 1.82) is 0 Å². The van der Waals surface area contributed by atoms with E-state index < -0.39 is 16.1 Å². The summed E-state index contributed by atoms with van der Waals surface area (Å²) in [6.07, 6.45) is 1.45. The van der Waals surface area contributed by atoms with Crippen molar-refractivity contribution in [2.45, 2.75) is 0 Å². The Kier molecular flexibility index (Phi) is 6.45. The highest BCUT2D eigenvalue weighted by atomic mass is 32.2. The summed E-state index contributed by atoms with van der Waals surface area (Å²) in [6.45, 7) is 0.175. The number of para-hydroxylation sites is 3. The average Bonchev–Trinajstić information content (AvgIpc) is 3.39. The van der Waals surface area contributed by atoms with Gasteiger partial charge in [0.15, 0.2) is 11.5 Å². The lowest BCUT2D eigenvalue weighted by Crippen LogP contribution is -2.32. The molecule has 2 aromatic carbocycles. The standard InChI is InChI=1S/C23H18N2O7S/c1-30-19-8-4-5-9-20(19)31-13-12-24-22(26)21(33-23(24)27)14-15-10-11-18(32-15)16-6-2-3-7-17(16)25(28)29/h2-11,14H,12-13H2,1H3/b21-14-. The Hall–Kier alpha value is -4.05. The summed E-state index contributed by atoms with van der Waals surface area (Å²) < 4.78 is 16.6. The van der Waals surface area contributed by atoms with Gasteiger partial charge in [-0.3, -0.25) is 24.6 Å². The van der Waals surface area contributed by atoms with Crippen molar-refractivity contribution in [2.75, 3.05) is 20.3 Å². The molecule has 0 N–H and O–H groups in total. The Morgan fingerprint density at radius 2 is 1.79 bits per heavy atom. The van der Waals surface area contributed by atoms with E-state index in [1.54, 1.807) is 48.5 Å². The van der Waals surface area contributed by atoms with Gasteiger partial charge < -0.3 is 13.9 Å². The lowest BCUT2D eigenvalue weighted by atomic mass is 10.1. The van der Waals surface area contributed by atoms with E-state index in [1.165, 1.54) is 19.3 Å². The van der Waals surface area contributed by atoms with E-state index in [1.807, 2.05) is 6.07 Å². The molecule has 2 amide bonds. The summed E-state index contributed by atoms with van der Waals surface area (Å²) in [5.74, 6) is 1.20. The minimum absolute atomic E-state index is 0.0691. The van der Waals surface area contributed by atoms with Crippen LogP contribution in [0.3, 0.4) is 0 Å². The molecule has 1 aliphatic heterocycles. The monoisotopic (exact) mass is 466 g/mol. The van der Waals surface area contributed by atoms with Crippen molar-refractivity contribution in [3.63, 3.8) is 0 Å². The lowest BCUT2D eigenvalue weighted by Gasteiger charge is -2.14. The second-order valence-electron chi connectivity index (χ2n) is 6.81. The predicted molar refractivity (Wildman–Crippen MR) is 122 cm³/mol. The van der Waals surface area contributed by atoms with Crippen molar-refractivity contribution in [3.05, 3.63) is 81.4 Å². The Labute approximate surface area is 192 Å². The number of amides is 2. The highest BCUT2D eigenvalue weighted by Crippen LogP contribution is 2.35. The van der Waals surface area contributed by atoms with E-state index in [0.29, 0.717) is 22.8 Å². The molecule has 0 radical (unpaired) electrons. The number of rotatable bonds is 8.